The topological polar surface area (TPSA) is 38.3 Å². The summed E-state index contributed by atoms with van der Waals surface area (Å²) in [5.41, 5.74) is 5.27. The first-order valence-corrected chi connectivity index (χ1v) is 11.6. The van der Waals surface area contributed by atoms with Crippen molar-refractivity contribution in [2.45, 2.75) is 50.3 Å². The van der Waals surface area contributed by atoms with Gasteiger partial charge in [0.2, 0.25) is 0 Å². The fourth-order valence-corrected chi connectivity index (χ4v) is 4.48. The Kier molecular flexibility index (Phi) is 7.80. The first-order valence-electron chi connectivity index (χ1n) is 10.6. The standard InChI is InChI=1S/C27H31NO2S/c1-18(2)24-16-25(19(3)15-26(24)30-5)20(4)28-27(29)22-13-11-21(12-14-22)17-31-23-9-7-6-8-10-23/h6-16,18,20H,17H2,1-5H3,(H,28,29)/t20-/m0/s1. The Bertz CT molecular complexity index is 1010. The zero-order chi connectivity index (χ0) is 22.4. The van der Waals surface area contributed by atoms with Crippen molar-refractivity contribution in [3.8, 4) is 5.75 Å². The van der Waals surface area contributed by atoms with Gasteiger partial charge in [0.15, 0.2) is 0 Å². The van der Waals surface area contributed by atoms with E-state index in [2.05, 4.69) is 50.4 Å². The molecule has 3 aromatic carbocycles. The van der Waals surface area contributed by atoms with E-state index in [1.165, 1.54) is 10.5 Å². The molecule has 0 spiro atoms. The molecule has 0 radical (unpaired) electrons. The second kappa shape index (κ2) is 10.5. The van der Waals surface area contributed by atoms with Crippen molar-refractivity contribution in [3.05, 3.63) is 94.5 Å². The maximum absolute atomic E-state index is 12.8. The van der Waals surface area contributed by atoms with Crippen molar-refractivity contribution in [1.82, 2.24) is 5.32 Å². The quantitative estimate of drug-likeness (QED) is 0.392. The van der Waals surface area contributed by atoms with Crippen LogP contribution < -0.4 is 10.1 Å². The Hall–Kier alpha value is -2.72. The zero-order valence-corrected chi connectivity index (χ0v) is 19.8. The van der Waals surface area contributed by atoms with Gasteiger partial charge in [0, 0.05) is 16.2 Å². The summed E-state index contributed by atoms with van der Waals surface area (Å²) >= 11 is 1.79. The highest BCUT2D eigenvalue weighted by molar-refractivity contribution is 7.98. The number of carbonyl (C=O) groups excluding carboxylic acids is 1. The van der Waals surface area contributed by atoms with E-state index in [4.69, 9.17) is 4.74 Å². The van der Waals surface area contributed by atoms with Crippen molar-refractivity contribution in [1.29, 1.82) is 0 Å². The molecule has 1 atom stereocenters. The summed E-state index contributed by atoms with van der Waals surface area (Å²) in [7, 11) is 1.70. The molecule has 0 heterocycles. The number of thioether (sulfide) groups is 1. The van der Waals surface area contributed by atoms with Crippen LogP contribution in [0.5, 0.6) is 5.75 Å². The summed E-state index contributed by atoms with van der Waals surface area (Å²) in [6, 6.07) is 22.3. The molecule has 0 unspecified atom stereocenters. The summed E-state index contributed by atoms with van der Waals surface area (Å²) in [5.74, 6) is 2.07. The van der Waals surface area contributed by atoms with Gasteiger partial charge in [-0.3, -0.25) is 4.79 Å². The van der Waals surface area contributed by atoms with Crippen molar-refractivity contribution in [2.24, 2.45) is 0 Å². The van der Waals surface area contributed by atoms with Crippen molar-refractivity contribution in [2.75, 3.05) is 7.11 Å². The van der Waals surface area contributed by atoms with Gasteiger partial charge in [-0.05, 0) is 78.4 Å². The first-order chi connectivity index (χ1) is 14.9. The molecule has 0 aliphatic rings. The van der Waals surface area contributed by atoms with Gasteiger partial charge < -0.3 is 10.1 Å². The molecule has 0 aliphatic heterocycles. The van der Waals surface area contributed by atoms with Crippen LogP contribution in [0.2, 0.25) is 0 Å². The Morgan fingerprint density at radius 1 is 0.968 bits per heavy atom. The van der Waals surface area contributed by atoms with Gasteiger partial charge in [0.25, 0.3) is 5.91 Å². The monoisotopic (exact) mass is 433 g/mol. The minimum Gasteiger partial charge on any atom is -0.496 e. The molecular weight excluding hydrogens is 402 g/mol. The van der Waals surface area contributed by atoms with Gasteiger partial charge in [-0.25, -0.2) is 0 Å². The van der Waals surface area contributed by atoms with Crippen molar-refractivity contribution >= 4 is 17.7 Å². The fraction of sp³-hybridized carbons (Fsp3) is 0.296. The number of nitrogens with one attached hydrogen (secondary N) is 1. The largest absolute Gasteiger partial charge is 0.496 e. The Balaban J connectivity index is 1.66. The third-order valence-electron chi connectivity index (χ3n) is 5.42. The number of ether oxygens (including phenoxy) is 1. The average molecular weight is 434 g/mol. The lowest BCUT2D eigenvalue weighted by molar-refractivity contribution is 0.0940. The van der Waals surface area contributed by atoms with Gasteiger partial charge in [-0.1, -0.05) is 44.2 Å². The number of amides is 1. The first kappa shape index (κ1) is 23.0. The molecule has 3 nitrogen and oxygen atoms in total. The molecule has 1 N–H and O–H groups in total. The van der Waals surface area contributed by atoms with Gasteiger partial charge in [0.1, 0.15) is 5.75 Å². The van der Waals surface area contributed by atoms with Crippen LogP contribution in [0.1, 0.15) is 65.3 Å². The smallest absolute Gasteiger partial charge is 0.251 e. The molecule has 3 rings (SSSR count). The third-order valence-corrected chi connectivity index (χ3v) is 6.50. The van der Waals surface area contributed by atoms with E-state index in [1.807, 2.05) is 49.4 Å². The number of hydrogen-bond donors (Lipinski definition) is 1. The fourth-order valence-electron chi connectivity index (χ4n) is 3.60. The molecule has 1 amide bonds. The van der Waals surface area contributed by atoms with Gasteiger partial charge >= 0.3 is 0 Å². The van der Waals surface area contributed by atoms with E-state index < -0.39 is 0 Å². The summed E-state index contributed by atoms with van der Waals surface area (Å²) in [6.45, 7) is 8.39. The lowest BCUT2D eigenvalue weighted by Crippen LogP contribution is -2.27. The van der Waals surface area contributed by atoms with E-state index in [0.717, 1.165) is 28.2 Å². The molecule has 0 aromatic heterocycles. The van der Waals surface area contributed by atoms with Crippen LogP contribution in [0.4, 0.5) is 0 Å². The van der Waals surface area contributed by atoms with Gasteiger partial charge in [-0.15, -0.1) is 11.8 Å². The van der Waals surface area contributed by atoms with Crippen LogP contribution in [0.25, 0.3) is 0 Å². The molecule has 0 bridgehead atoms. The second-order valence-corrected chi connectivity index (χ2v) is 9.15. The number of benzene rings is 3. The molecule has 4 heteroatoms. The third kappa shape index (κ3) is 5.92. The SMILES string of the molecule is COc1cc(C)c([C@H](C)NC(=O)c2ccc(CSc3ccccc3)cc2)cc1C(C)C. The lowest BCUT2D eigenvalue weighted by atomic mass is 9.93. The normalized spacial score (nSPS) is 11.9. The van der Waals surface area contributed by atoms with E-state index in [-0.39, 0.29) is 11.9 Å². The Morgan fingerprint density at radius 2 is 1.65 bits per heavy atom. The van der Waals surface area contributed by atoms with E-state index in [1.54, 1.807) is 18.9 Å². The highest BCUT2D eigenvalue weighted by Crippen LogP contribution is 2.32. The van der Waals surface area contributed by atoms with Crippen molar-refractivity contribution in [3.63, 3.8) is 0 Å². The molecule has 0 fully saturated rings. The molecular formula is C27H31NO2S. The second-order valence-electron chi connectivity index (χ2n) is 8.10. The number of carbonyl (C=O) groups is 1. The highest BCUT2D eigenvalue weighted by atomic mass is 32.2. The minimum absolute atomic E-state index is 0.0592. The summed E-state index contributed by atoms with van der Waals surface area (Å²) in [5, 5.41) is 3.15. The molecule has 0 saturated carbocycles. The van der Waals surface area contributed by atoms with Gasteiger partial charge in [0.05, 0.1) is 13.2 Å². The summed E-state index contributed by atoms with van der Waals surface area (Å²) in [4.78, 5) is 14.1. The van der Waals surface area contributed by atoms with Crippen LogP contribution in [-0.2, 0) is 5.75 Å². The molecule has 162 valence electrons. The van der Waals surface area contributed by atoms with Crippen LogP contribution >= 0.6 is 11.8 Å². The molecule has 0 aliphatic carbocycles. The van der Waals surface area contributed by atoms with Crippen LogP contribution in [0.3, 0.4) is 0 Å². The maximum atomic E-state index is 12.8. The van der Waals surface area contributed by atoms with E-state index >= 15 is 0 Å². The summed E-state index contributed by atoms with van der Waals surface area (Å²) in [6.07, 6.45) is 0. The predicted octanol–water partition coefficient (Wildman–Crippen LogP) is 6.91. The zero-order valence-electron chi connectivity index (χ0n) is 18.9. The molecule has 31 heavy (non-hydrogen) atoms. The van der Waals surface area contributed by atoms with Crippen LogP contribution in [0, 0.1) is 6.92 Å². The van der Waals surface area contributed by atoms with Crippen LogP contribution in [-0.4, -0.2) is 13.0 Å². The molecule has 3 aromatic rings. The number of hydrogen-bond acceptors (Lipinski definition) is 3. The van der Waals surface area contributed by atoms with Gasteiger partial charge in [-0.2, -0.15) is 0 Å². The minimum atomic E-state index is -0.0933. The number of methoxy groups -OCH3 is 1. The van der Waals surface area contributed by atoms with Crippen LogP contribution in [0.15, 0.2) is 71.6 Å². The van der Waals surface area contributed by atoms with Crippen molar-refractivity contribution < 1.29 is 9.53 Å². The van der Waals surface area contributed by atoms with E-state index in [9.17, 15) is 4.79 Å². The van der Waals surface area contributed by atoms with E-state index in [0.29, 0.717) is 11.5 Å². The Morgan fingerprint density at radius 3 is 2.26 bits per heavy atom. The Labute approximate surface area is 190 Å². The average Bonchev–Trinajstić information content (AvgIpc) is 2.78. The number of aryl methyl sites for hydroxylation is 1. The number of rotatable bonds is 8. The highest BCUT2D eigenvalue weighted by Gasteiger charge is 2.17. The molecule has 0 saturated heterocycles. The summed E-state index contributed by atoms with van der Waals surface area (Å²) < 4.78 is 5.54. The predicted molar refractivity (Wildman–Crippen MR) is 130 cm³/mol. The lowest BCUT2D eigenvalue weighted by Gasteiger charge is -2.21. The maximum Gasteiger partial charge on any atom is 0.251 e.